The fourth-order valence-electron chi connectivity index (χ4n) is 4.74. The smallest absolute Gasteiger partial charge is 0.385 e. The van der Waals surface area contributed by atoms with Crippen LogP contribution in [0, 0.1) is 0 Å². The summed E-state index contributed by atoms with van der Waals surface area (Å²) in [6, 6.07) is 1.45. The van der Waals surface area contributed by atoms with Gasteiger partial charge in [-0.25, -0.2) is 0 Å². The number of carbonyl (C=O) groups excluding carboxylic acids is 1. The number of nitrogens with zero attached hydrogens (tertiary/aromatic N) is 3. The number of halogens is 3. The van der Waals surface area contributed by atoms with Crippen LogP contribution in [0.3, 0.4) is 0 Å². The lowest BCUT2D eigenvalue weighted by atomic mass is 10.1. The second-order valence-electron chi connectivity index (χ2n) is 9.04. The second kappa shape index (κ2) is 10.2. The molecule has 2 aromatic heterocycles. The van der Waals surface area contributed by atoms with Gasteiger partial charge >= 0.3 is 6.18 Å². The molecular formula is C24H33F3N4O3. The molecule has 1 N–H and O–H groups in total. The molecule has 188 valence electrons. The summed E-state index contributed by atoms with van der Waals surface area (Å²) in [6.07, 6.45) is -1.09. The summed E-state index contributed by atoms with van der Waals surface area (Å²) in [5, 5.41) is 3.34. The van der Waals surface area contributed by atoms with E-state index >= 15 is 0 Å². The SMILES string of the molecule is CCc1nc(C(C)N(C(=O)C2CNCCO2)C2CC2)cc2c1c(C(F)(F)F)cn2CCCOC. The van der Waals surface area contributed by atoms with Gasteiger partial charge in [0.15, 0.2) is 0 Å². The number of nitrogens with one attached hydrogen (secondary N) is 1. The number of carbonyl (C=O) groups is 1. The molecule has 4 rings (SSSR count). The molecule has 2 aliphatic rings. The number of ether oxygens (including phenoxy) is 2. The maximum Gasteiger partial charge on any atom is 0.418 e. The highest BCUT2D eigenvalue weighted by molar-refractivity contribution is 5.88. The van der Waals surface area contributed by atoms with Crippen LogP contribution >= 0.6 is 0 Å². The summed E-state index contributed by atoms with van der Waals surface area (Å²) in [4.78, 5) is 19.9. The highest BCUT2D eigenvalue weighted by Gasteiger charge is 2.41. The Morgan fingerprint density at radius 2 is 2.18 bits per heavy atom. The first-order valence-electron chi connectivity index (χ1n) is 12.0. The van der Waals surface area contributed by atoms with Crippen LogP contribution in [0.15, 0.2) is 12.3 Å². The molecule has 10 heteroatoms. The number of fused-ring (bicyclic) bond motifs is 1. The van der Waals surface area contributed by atoms with E-state index in [1.54, 1.807) is 17.7 Å². The molecule has 1 saturated heterocycles. The van der Waals surface area contributed by atoms with E-state index in [1.165, 1.54) is 6.20 Å². The van der Waals surface area contributed by atoms with Gasteiger partial charge in [-0.2, -0.15) is 13.2 Å². The van der Waals surface area contributed by atoms with Crippen molar-refractivity contribution in [2.45, 2.75) is 70.4 Å². The lowest BCUT2D eigenvalue weighted by Gasteiger charge is -2.34. The molecule has 0 bridgehead atoms. The summed E-state index contributed by atoms with van der Waals surface area (Å²) < 4.78 is 54.2. The standard InChI is InChI=1S/C24H33F3N4O3/c1-4-18-22-17(24(25,26)27)14-30(9-5-10-33-3)20(22)12-19(29-18)15(2)31(16-6-7-16)23(32)21-13-28-8-11-34-21/h12,14-16,21,28H,4-11,13H2,1-3H3. The molecule has 0 spiro atoms. The molecule has 2 unspecified atom stereocenters. The number of hydrogen-bond acceptors (Lipinski definition) is 5. The van der Waals surface area contributed by atoms with E-state index in [2.05, 4.69) is 10.3 Å². The molecule has 1 saturated carbocycles. The molecule has 1 aliphatic carbocycles. The number of alkyl halides is 3. The molecule has 0 aromatic carbocycles. The fraction of sp³-hybridized carbons (Fsp3) is 0.667. The maximum absolute atomic E-state index is 13.9. The van der Waals surface area contributed by atoms with Crippen molar-refractivity contribution in [1.29, 1.82) is 0 Å². The van der Waals surface area contributed by atoms with Gasteiger partial charge in [-0.15, -0.1) is 0 Å². The molecule has 3 heterocycles. The van der Waals surface area contributed by atoms with Crippen LogP contribution in [-0.4, -0.2) is 65.9 Å². The predicted octanol–water partition coefficient (Wildman–Crippen LogP) is 3.69. The highest BCUT2D eigenvalue weighted by Crippen LogP contribution is 2.40. The quantitative estimate of drug-likeness (QED) is 0.552. The van der Waals surface area contributed by atoms with Crippen molar-refractivity contribution >= 4 is 16.8 Å². The number of aromatic nitrogens is 2. The predicted molar refractivity (Wildman–Crippen MR) is 121 cm³/mol. The minimum absolute atomic E-state index is 0.0893. The molecule has 1 aliphatic heterocycles. The topological polar surface area (TPSA) is 68.6 Å². The first-order valence-corrected chi connectivity index (χ1v) is 12.0. The van der Waals surface area contributed by atoms with Gasteiger partial charge in [-0.3, -0.25) is 9.78 Å². The van der Waals surface area contributed by atoms with Crippen molar-refractivity contribution in [3.8, 4) is 0 Å². The van der Waals surface area contributed by atoms with Crippen LogP contribution in [0.4, 0.5) is 13.2 Å². The first-order chi connectivity index (χ1) is 16.3. The largest absolute Gasteiger partial charge is 0.418 e. The molecule has 7 nitrogen and oxygen atoms in total. The van der Waals surface area contributed by atoms with Gasteiger partial charge in [0.25, 0.3) is 5.91 Å². The Kier molecular flexibility index (Phi) is 7.49. The highest BCUT2D eigenvalue weighted by atomic mass is 19.4. The summed E-state index contributed by atoms with van der Waals surface area (Å²) >= 11 is 0. The van der Waals surface area contributed by atoms with E-state index in [1.807, 2.05) is 18.7 Å². The summed E-state index contributed by atoms with van der Waals surface area (Å²) in [6.45, 7) is 6.21. The Morgan fingerprint density at radius 1 is 1.41 bits per heavy atom. The van der Waals surface area contributed by atoms with Gasteiger partial charge < -0.3 is 24.3 Å². The van der Waals surface area contributed by atoms with Crippen LogP contribution < -0.4 is 5.32 Å². The molecule has 34 heavy (non-hydrogen) atoms. The summed E-state index contributed by atoms with van der Waals surface area (Å²) in [5.41, 5.74) is 0.834. The van der Waals surface area contributed by atoms with Crippen LogP contribution in [0.1, 0.15) is 56.1 Å². The van der Waals surface area contributed by atoms with E-state index in [0.29, 0.717) is 62.6 Å². The van der Waals surface area contributed by atoms with E-state index in [-0.39, 0.29) is 23.4 Å². The minimum Gasteiger partial charge on any atom is -0.385 e. The lowest BCUT2D eigenvalue weighted by molar-refractivity contribution is -0.148. The lowest BCUT2D eigenvalue weighted by Crippen LogP contribution is -2.50. The van der Waals surface area contributed by atoms with E-state index in [9.17, 15) is 18.0 Å². The average Bonchev–Trinajstić information content (AvgIpc) is 3.58. The normalized spacial score (nSPS) is 20.0. The number of methoxy groups -OCH3 is 1. The van der Waals surface area contributed by atoms with Crippen LogP contribution in [0.2, 0.25) is 0 Å². The fourth-order valence-corrected chi connectivity index (χ4v) is 4.74. The Hall–Kier alpha value is -2.17. The van der Waals surface area contributed by atoms with E-state index in [4.69, 9.17) is 9.47 Å². The number of amides is 1. The van der Waals surface area contributed by atoms with Gasteiger partial charge in [0, 0.05) is 51.0 Å². The zero-order chi connectivity index (χ0) is 24.5. The Balaban J connectivity index is 1.75. The number of hydrogen-bond donors (Lipinski definition) is 1. The third kappa shape index (κ3) is 5.08. The van der Waals surface area contributed by atoms with Crippen LogP contribution in [0.5, 0.6) is 0 Å². The van der Waals surface area contributed by atoms with Crippen LogP contribution in [-0.2, 0) is 33.4 Å². The Labute approximate surface area is 197 Å². The summed E-state index contributed by atoms with van der Waals surface area (Å²) in [5.74, 6) is -0.0893. The van der Waals surface area contributed by atoms with E-state index < -0.39 is 17.8 Å². The molecule has 2 fully saturated rings. The van der Waals surface area contributed by atoms with Crippen LogP contribution in [0.25, 0.3) is 10.9 Å². The van der Waals surface area contributed by atoms with Crippen molar-refractivity contribution in [3.05, 3.63) is 29.2 Å². The van der Waals surface area contributed by atoms with E-state index in [0.717, 1.165) is 12.8 Å². The zero-order valence-electron chi connectivity index (χ0n) is 20.0. The zero-order valence-corrected chi connectivity index (χ0v) is 20.0. The molecule has 1 amide bonds. The Morgan fingerprint density at radius 3 is 2.76 bits per heavy atom. The molecular weight excluding hydrogens is 449 g/mol. The molecule has 2 atom stereocenters. The monoisotopic (exact) mass is 482 g/mol. The molecule has 0 radical (unpaired) electrons. The van der Waals surface area contributed by atoms with Gasteiger partial charge in [0.05, 0.1) is 35.1 Å². The number of pyridine rings is 1. The van der Waals surface area contributed by atoms with Gasteiger partial charge in [-0.1, -0.05) is 6.92 Å². The third-order valence-corrected chi connectivity index (χ3v) is 6.59. The van der Waals surface area contributed by atoms with Gasteiger partial charge in [0.2, 0.25) is 0 Å². The molecule has 2 aromatic rings. The minimum atomic E-state index is -4.48. The number of rotatable bonds is 9. The van der Waals surface area contributed by atoms with Gasteiger partial charge in [-0.05, 0) is 38.7 Å². The van der Waals surface area contributed by atoms with Crippen molar-refractivity contribution in [3.63, 3.8) is 0 Å². The number of morpholine rings is 1. The van der Waals surface area contributed by atoms with Gasteiger partial charge in [0.1, 0.15) is 6.10 Å². The maximum atomic E-state index is 13.9. The first kappa shape index (κ1) is 24.9. The Bertz CT molecular complexity index is 1010. The number of aryl methyl sites for hydroxylation is 2. The third-order valence-electron chi connectivity index (χ3n) is 6.59. The van der Waals surface area contributed by atoms with Crippen molar-refractivity contribution in [1.82, 2.24) is 19.8 Å². The van der Waals surface area contributed by atoms with Crippen molar-refractivity contribution < 1.29 is 27.4 Å². The second-order valence-corrected chi connectivity index (χ2v) is 9.04. The summed E-state index contributed by atoms with van der Waals surface area (Å²) in [7, 11) is 1.57. The van der Waals surface area contributed by atoms with Crippen molar-refractivity contribution in [2.75, 3.05) is 33.4 Å². The average molecular weight is 483 g/mol. The van der Waals surface area contributed by atoms with Crippen molar-refractivity contribution in [2.24, 2.45) is 0 Å².